The zero-order valence-electron chi connectivity index (χ0n) is 14.8. The van der Waals surface area contributed by atoms with Crippen LogP contribution in [0.25, 0.3) is 5.69 Å². The van der Waals surface area contributed by atoms with E-state index in [0.717, 1.165) is 12.1 Å². The van der Waals surface area contributed by atoms with Crippen molar-refractivity contribution < 1.29 is 22.8 Å². The number of nitrogens with one attached hydrogen (secondary N) is 1. The number of halogens is 3. The number of hydrogen-bond acceptors (Lipinski definition) is 5. The lowest BCUT2D eigenvalue weighted by Crippen LogP contribution is -2.44. The Bertz CT molecular complexity index is 853. The summed E-state index contributed by atoms with van der Waals surface area (Å²) < 4.78 is 40.5. The number of alkyl halides is 3. The summed E-state index contributed by atoms with van der Waals surface area (Å²) in [5.74, 6) is -1.25. The normalized spacial score (nSPS) is 18.0. The number of piperidine rings is 1. The van der Waals surface area contributed by atoms with Gasteiger partial charge in [0.05, 0.1) is 29.4 Å². The highest BCUT2D eigenvalue weighted by Crippen LogP contribution is 2.33. The molecule has 1 aliphatic rings. The van der Waals surface area contributed by atoms with Crippen molar-refractivity contribution in [3.8, 4) is 5.69 Å². The summed E-state index contributed by atoms with van der Waals surface area (Å²) in [5, 5.41) is 6.42. The van der Waals surface area contributed by atoms with Gasteiger partial charge in [0, 0.05) is 6.54 Å². The van der Waals surface area contributed by atoms with Gasteiger partial charge in [-0.05, 0) is 37.6 Å². The second-order valence-electron chi connectivity index (χ2n) is 6.59. The van der Waals surface area contributed by atoms with E-state index in [9.17, 15) is 22.8 Å². The van der Waals surface area contributed by atoms with Crippen molar-refractivity contribution >= 4 is 17.5 Å². The number of anilines is 1. The quantitative estimate of drug-likeness (QED) is 0.795. The molecule has 1 aromatic carbocycles. The van der Waals surface area contributed by atoms with Crippen molar-refractivity contribution in [3.63, 3.8) is 0 Å². The lowest BCUT2D eigenvalue weighted by Gasteiger charge is -2.30. The van der Waals surface area contributed by atoms with E-state index < -0.39 is 23.6 Å². The largest absolute Gasteiger partial charge is 0.416 e. The van der Waals surface area contributed by atoms with Crippen LogP contribution in [0.1, 0.15) is 18.4 Å². The van der Waals surface area contributed by atoms with E-state index >= 15 is 0 Å². The minimum Gasteiger partial charge on any atom is -0.369 e. The highest BCUT2D eigenvalue weighted by Gasteiger charge is 2.32. The smallest absolute Gasteiger partial charge is 0.369 e. The second-order valence-corrected chi connectivity index (χ2v) is 6.59. The standard InChI is InChI=1S/C17H19F3N6O2/c18-17(19,20)12-3-4-14(26-10-22-9-23-26)13(6-12)24-15(27)8-25-5-1-2-11(7-25)16(21)28/h3-4,6,9-11H,1-2,5,7-8H2,(H2,21,28)(H,24,27)/t11-/m0/s1. The topological polar surface area (TPSA) is 106 Å². The zero-order chi connectivity index (χ0) is 20.3. The molecule has 3 N–H and O–H groups in total. The van der Waals surface area contributed by atoms with Crippen molar-refractivity contribution in [3.05, 3.63) is 36.4 Å². The van der Waals surface area contributed by atoms with Gasteiger partial charge in [0.25, 0.3) is 0 Å². The van der Waals surface area contributed by atoms with Gasteiger partial charge >= 0.3 is 6.18 Å². The fourth-order valence-electron chi connectivity index (χ4n) is 3.17. The Labute approximate surface area is 158 Å². The Morgan fingerprint density at radius 2 is 2.11 bits per heavy atom. The van der Waals surface area contributed by atoms with Gasteiger partial charge in [-0.3, -0.25) is 14.5 Å². The van der Waals surface area contributed by atoms with Crippen molar-refractivity contribution in [2.24, 2.45) is 11.7 Å². The van der Waals surface area contributed by atoms with Crippen LogP contribution in [0.15, 0.2) is 30.9 Å². The third kappa shape index (κ3) is 4.66. The average Bonchev–Trinajstić information content (AvgIpc) is 3.15. The summed E-state index contributed by atoms with van der Waals surface area (Å²) in [4.78, 5) is 29.3. The van der Waals surface area contributed by atoms with Gasteiger partial charge in [0.2, 0.25) is 11.8 Å². The van der Waals surface area contributed by atoms with E-state index in [-0.39, 0.29) is 23.8 Å². The van der Waals surface area contributed by atoms with Gasteiger partial charge < -0.3 is 11.1 Å². The van der Waals surface area contributed by atoms with Gasteiger partial charge in [-0.15, -0.1) is 0 Å². The molecular formula is C17H19F3N6O2. The van der Waals surface area contributed by atoms with Crippen LogP contribution >= 0.6 is 0 Å². The Kier molecular flexibility index (Phi) is 5.63. The van der Waals surface area contributed by atoms with Crippen molar-refractivity contribution in [1.82, 2.24) is 19.7 Å². The molecule has 1 aromatic heterocycles. The highest BCUT2D eigenvalue weighted by atomic mass is 19.4. The van der Waals surface area contributed by atoms with Gasteiger partial charge in [-0.1, -0.05) is 0 Å². The van der Waals surface area contributed by atoms with Gasteiger partial charge in [0.1, 0.15) is 12.7 Å². The van der Waals surface area contributed by atoms with Crippen LogP contribution < -0.4 is 11.1 Å². The predicted molar refractivity (Wildman–Crippen MR) is 93.3 cm³/mol. The lowest BCUT2D eigenvalue weighted by atomic mass is 9.97. The maximum atomic E-state index is 13.1. The maximum Gasteiger partial charge on any atom is 0.416 e. The average molecular weight is 396 g/mol. The van der Waals surface area contributed by atoms with Crippen LogP contribution in [0, 0.1) is 5.92 Å². The molecule has 1 saturated heterocycles. The fraction of sp³-hybridized carbons (Fsp3) is 0.412. The first kappa shape index (κ1) is 19.8. The number of primary amides is 1. The molecule has 2 heterocycles. The molecule has 0 aliphatic carbocycles. The molecule has 11 heteroatoms. The summed E-state index contributed by atoms with van der Waals surface area (Å²) in [7, 11) is 0. The number of rotatable bonds is 5. The second kappa shape index (κ2) is 7.97. The summed E-state index contributed by atoms with van der Waals surface area (Å²) in [6.45, 7) is 0.897. The lowest BCUT2D eigenvalue weighted by molar-refractivity contribution is -0.137. The molecule has 1 atom stereocenters. The van der Waals surface area contributed by atoms with E-state index in [2.05, 4.69) is 15.4 Å². The number of carbonyl (C=O) groups excluding carboxylic acids is 2. The van der Waals surface area contributed by atoms with Crippen LogP contribution in [-0.4, -0.2) is 51.1 Å². The first-order valence-electron chi connectivity index (χ1n) is 8.62. The number of likely N-dealkylation sites (tertiary alicyclic amines) is 1. The van der Waals surface area contributed by atoms with E-state index in [4.69, 9.17) is 5.73 Å². The number of nitrogens with two attached hydrogens (primary N) is 1. The molecule has 1 fully saturated rings. The van der Waals surface area contributed by atoms with E-state index in [1.807, 2.05) is 0 Å². The molecule has 2 aromatic rings. The number of amides is 2. The summed E-state index contributed by atoms with van der Waals surface area (Å²) in [6, 6.07) is 2.99. The SMILES string of the molecule is NC(=O)[C@H]1CCCN(CC(=O)Nc2cc(C(F)(F)F)ccc2-n2cncn2)C1. The van der Waals surface area contributed by atoms with Crippen molar-refractivity contribution in [2.75, 3.05) is 25.0 Å². The highest BCUT2D eigenvalue weighted by molar-refractivity contribution is 5.94. The third-order valence-corrected chi connectivity index (χ3v) is 4.54. The van der Waals surface area contributed by atoms with Crippen LogP contribution in [-0.2, 0) is 15.8 Å². The number of benzene rings is 1. The van der Waals surface area contributed by atoms with Crippen LogP contribution in [0.3, 0.4) is 0 Å². The molecular weight excluding hydrogens is 377 g/mol. The molecule has 0 unspecified atom stereocenters. The summed E-state index contributed by atoms with van der Waals surface area (Å²) in [5.41, 5.74) is 4.66. The first-order chi connectivity index (χ1) is 13.2. The monoisotopic (exact) mass is 396 g/mol. The Morgan fingerprint density at radius 1 is 1.32 bits per heavy atom. The van der Waals surface area contributed by atoms with Crippen molar-refractivity contribution in [2.45, 2.75) is 19.0 Å². The minimum atomic E-state index is -4.55. The molecule has 3 rings (SSSR count). The Balaban J connectivity index is 1.78. The van der Waals surface area contributed by atoms with Crippen molar-refractivity contribution in [1.29, 1.82) is 0 Å². The van der Waals surface area contributed by atoms with E-state index in [0.29, 0.717) is 25.9 Å². The number of carbonyl (C=O) groups is 2. The summed E-state index contributed by atoms with van der Waals surface area (Å²) >= 11 is 0. The fourth-order valence-corrected chi connectivity index (χ4v) is 3.17. The van der Waals surface area contributed by atoms with Crippen LogP contribution in [0.5, 0.6) is 0 Å². The number of nitrogens with zero attached hydrogens (tertiary/aromatic N) is 4. The molecule has 150 valence electrons. The Hall–Kier alpha value is -2.95. The molecule has 8 nitrogen and oxygen atoms in total. The first-order valence-corrected chi connectivity index (χ1v) is 8.62. The van der Waals surface area contributed by atoms with Gasteiger partial charge in [0.15, 0.2) is 0 Å². The van der Waals surface area contributed by atoms with Gasteiger partial charge in [-0.25, -0.2) is 9.67 Å². The molecule has 0 spiro atoms. The number of hydrogen-bond donors (Lipinski definition) is 2. The van der Waals surface area contributed by atoms with E-state index in [1.165, 1.54) is 23.4 Å². The van der Waals surface area contributed by atoms with Gasteiger partial charge in [-0.2, -0.15) is 18.3 Å². The summed E-state index contributed by atoms with van der Waals surface area (Å²) in [6.07, 6.45) is -0.616. The minimum absolute atomic E-state index is 0.0335. The number of aromatic nitrogens is 3. The molecule has 1 aliphatic heterocycles. The molecule has 2 amide bonds. The maximum absolute atomic E-state index is 13.1. The predicted octanol–water partition coefficient (Wildman–Crippen LogP) is 1.42. The zero-order valence-corrected chi connectivity index (χ0v) is 14.8. The molecule has 28 heavy (non-hydrogen) atoms. The molecule has 0 bridgehead atoms. The molecule has 0 radical (unpaired) electrons. The van der Waals surface area contributed by atoms with Crippen LogP contribution in [0.4, 0.5) is 18.9 Å². The molecule has 0 saturated carbocycles. The van der Waals surface area contributed by atoms with E-state index in [1.54, 1.807) is 4.90 Å². The van der Waals surface area contributed by atoms with Crippen LogP contribution in [0.2, 0.25) is 0 Å². The Morgan fingerprint density at radius 3 is 2.75 bits per heavy atom. The third-order valence-electron chi connectivity index (χ3n) is 4.54.